The van der Waals surface area contributed by atoms with E-state index < -0.39 is 0 Å². The largest absolute Gasteiger partial charge is 0.397 e. The Labute approximate surface area is 106 Å². The summed E-state index contributed by atoms with van der Waals surface area (Å²) in [6.45, 7) is 2.67. The number of halogens is 1. The van der Waals surface area contributed by atoms with Crippen molar-refractivity contribution in [2.75, 3.05) is 11.1 Å². The molecule has 4 heteroatoms. The van der Waals surface area contributed by atoms with Crippen LogP contribution < -0.4 is 11.1 Å². The van der Waals surface area contributed by atoms with E-state index in [9.17, 15) is 0 Å². The van der Waals surface area contributed by atoms with Crippen molar-refractivity contribution in [1.82, 2.24) is 4.98 Å². The smallest absolute Gasteiger partial charge is 0.129 e. The van der Waals surface area contributed by atoms with Crippen LogP contribution in [0.1, 0.15) is 11.1 Å². The van der Waals surface area contributed by atoms with E-state index >= 15 is 0 Å². The fourth-order valence-corrected chi connectivity index (χ4v) is 1.83. The van der Waals surface area contributed by atoms with Crippen LogP contribution in [0.4, 0.5) is 11.5 Å². The summed E-state index contributed by atoms with van der Waals surface area (Å²) in [5.41, 5.74) is 8.48. The molecule has 1 aromatic carbocycles. The molecule has 0 bridgehead atoms. The molecule has 88 valence electrons. The maximum atomic E-state index is 5.92. The SMILES string of the molecule is Cc1cc(N)cnc1NCc1cccc(Cl)c1. The second-order valence-corrected chi connectivity index (χ2v) is 4.35. The third-order valence-corrected chi connectivity index (χ3v) is 2.68. The molecule has 0 saturated heterocycles. The fraction of sp³-hybridized carbons (Fsp3) is 0.154. The predicted octanol–water partition coefficient (Wildman–Crippen LogP) is 3.24. The number of nitrogens with zero attached hydrogens (tertiary/aromatic N) is 1. The van der Waals surface area contributed by atoms with Crippen molar-refractivity contribution in [2.24, 2.45) is 0 Å². The highest BCUT2D eigenvalue weighted by molar-refractivity contribution is 6.30. The molecule has 0 aliphatic carbocycles. The van der Waals surface area contributed by atoms with Gasteiger partial charge in [0.25, 0.3) is 0 Å². The Kier molecular flexibility index (Phi) is 3.49. The Morgan fingerprint density at radius 1 is 1.35 bits per heavy atom. The highest BCUT2D eigenvalue weighted by Crippen LogP contribution is 2.16. The lowest BCUT2D eigenvalue weighted by Crippen LogP contribution is -2.03. The zero-order chi connectivity index (χ0) is 12.3. The predicted molar refractivity (Wildman–Crippen MR) is 72.2 cm³/mol. The van der Waals surface area contributed by atoms with Gasteiger partial charge < -0.3 is 11.1 Å². The molecule has 2 rings (SSSR count). The number of rotatable bonds is 3. The van der Waals surface area contributed by atoms with Crippen LogP contribution in [0.15, 0.2) is 36.5 Å². The van der Waals surface area contributed by atoms with Crippen LogP contribution in [0.25, 0.3) is 0 Å². The summed E-state index contributed by atoms with van der Waals surface area (Å²) < 4.78 is 0. The maximum absolute atomic E-state index is 5.92. The lowest BCUT2D eigenvalue weighted by molar-refractivity contribution is 1.10. The minimum atomic E-state index is 0.677. The average molecular weight is 248 g/mol. The van der Waals surface area contributed by atoms with Crippen molar-refractivity contribution in [1.29, 1.82) is 0 Å². The second-order valence-electron chi connectivity index (χ2n) is 3.92. The van der Waals surface area contributed by atoms with E-state index in [0.29, 0.717) is 12.2 Å². The molecule has 1 aromatic heterocycles. The van der Waals surface area contributed by atoms with E-state index in [1.54, 1.807) is 6.20 Å². The van der Waals surface area contributed by atoms with Gasteiger partial charge in [0.05, 0.1) is 11.9 Å². The highest BCUT2D eigenvalue weighted by Gasteiger charge is 2.00. The van der Waals surface area contributed by atoms with Gasteiger partial charge >= 0.3 is 0 Å². The number of anilines is 2. The zero-order valence-corrected chi connectivity index (χ0v) is 10.3. The van der Waals surface area contributed by atoms with E-state index in [0.717, 1.165) is 22.0 Å². The van der Waals surface area contributed by atoms with Gasteiger partial charge in [-0.15, -0.1) is 0 Å². The van der Waals surface area contributed by atoms with Gasteiger partial charge in [-0.3, -0.25) is 0 Å². The number of nitrogen functional groups attached to an aromatic ring is 1. The summed E-state index contributed by atoms with van der Waals surface area (Å²) in [7, 11) is 0. The van der Waals surface area contributed by atoms with Crippen molar-refractivity contribution in [3.63, 3.8) is 0 Å². The molecule has 1 heterocycles. The molecule has 0 radical (unpaired) electrons. The third kappa shape index (κ3) is 3.11. The van der Waals surface area contributed by atoms with Crippen LogP contribution in [0.2, 0.25) is 5.02 Å². The molecule has 0 atom stereocenters. The molecule has 0 spiro atoms. The summed E-state index contributed by atoms with van der Waals surface area (Å²) in [6, 6.07) is 9.64. The molecule has 0 unspecified atom stereocenters. The number of nitrogens with two attached hydrogens (primary N) is 1. The van der Waals surface area contributed by atoms with Gasteiger partial charge in [0.2, 0.25) is 0 Å². The normalized spacial score (nSPS) is 10.2. The number of pyridine rings is 1. The van der Waals surface area contributed by atoms with E-state index in [-0.39, 0.29) is 0 Å². The van der Waals surface area contributed by atoms with Crippen LogP contribution in [0, 0.1) is 6.92 Å². The molecule has 17 heavy (non-hydrogen) atoms. The van der Waals surface area contributed by atoms with Gasteiger partial charge in [0.1, 0.15) is 5.82 Å². The summed E-state index contributed by atoms with van der Waals surface area (Å²) in [6.07, 6.45) is 1.65. The molecule has 0 aliphatic heterocycles. The highest BCUT2D eigenvalue weighted by atomic mass is 35.5. The molecule has 3 nitrogen and oxygen atoms in total. The van der Waals surface area contributed by atoms with Crippen molar-refractivity contribution < 1.29 is 0 Å². The standard InChI is InChI=1S/C13H14ClN3/c1-9-5-12(15)8-17-13(9)16-7-10-3-2-4-11(14)6-10/h2-6,8H,7,15H2,1H3,(H,16,17). The number of hydrogen-bond donors (Lipinski definition) is 2. The minimum absolute atomic E-state index is 0.677. The maximum Gasteiger partial charge on any atom is 0.129 e. The summed E-state index contributed by atoms with van der Waals surface area (Å²) in [5, 5.41) is 4.00. The van der Waals surface area contributed by atoms with Gasteiger partial charge in [-0.25, -0.2) is 4.98 Å². The second kappa shape index (κ2) is 5.06. The van der Waals surface area contributed by atoms with E-state index in [2.05, 4.69) is 10.3 Å². The molecule has 0 saturated carbocycles. The molecule has 0 amide bonds. The van der Waals surface area contributed by atoms with Crippen molar-refractivity contribution in [3.8, 4) is 0 Å². The van der Waals surface area contributed by atoms with E-state index in [1.807, 2.05) is 37.3 Å². The Bertz CT molecular complexity index is 526. The Morgan fingerprint density at radius 2 is 2.18 bits per heavy atom. The minimum Gasteiger partial charge on any atom is -0.397 e. The molecule has 0 aliphatic rings. The Hall–Kier alpha value is -1.74. The van der Waals surface area contributed by atoms with Gasteiger partial charge in [0.15, 0.2) is 0 Å². The quantitative estimate of drug-likeness (QED) is 0.876. The zero-order valence-electron chi connectivity index (χ0n) is 9.57. The molecule has 3 N–H and O–H groups in total. The average Bonchev–Trinajstić information content (AvgIpc) is 2.28. The first-order valence-electron chi connectivity index (χ1n) is 5.35. The fourth-order valence-electron chi connectivity index (χ4n) is 1.61. The van der Waals surface area contributed by atoms with Crippen molar-refractivity contribution >= 4 is 23.1 Å². The summed E-state index contributed by atoms with van der Waals surface area (Å²) >= 11 is 5.92. The van der Waals surface area contributed by atoms with Crippen LogP contribution in [0.3, 0.4) is 0 Å². The molecular weight excluding hydrogens is 234 g/mol. The Balaban J connectivity index is 2.07. The molecule has 2 aromatic rings. The van der Waals surface area contributed by atoms with Gasteiger partial charge in [0, 0.05) is 11.6 Å². The first-order valence-corrected chi connectivity index (χ1v) is 5.73. The van der Waals surface area contributed by atoms with Crippen molar-refractivity contribution in [2.45, 2.75) is 13.5 Å². The molecule has 0 fully saturated rings. The van der Waals surface area contributed by atoms with Gasteiger partial charge in [-0.2, -0.15) is 0 Å². The summed E-state index contributed by atoms with van der Waals surface area (Å²) in [5.74, 6) is 0.846. The van der Waals surface area contributed by atoms with Crippen LogP contribution in [-0.4, -0.2) is 4.98 Å². The third-order valence-electron chi connectivity index (χ3n) is 2.45. The first-order chi connectivity index (χ1) is 8.15. The van der Waals surface area contributed by atoms with Crippen LogP contribution >= 0.6 is 11.6 Å². The Morgan fingerprint density at radius 3 is 2.88 bits per heavy atom. The number of hydrogen-bond acceptors (Lipinski definition) is 3. The monoisotopic (exact) mass is 247 g/mol. The van der Waals surface area contributed by atoms with Gasteiger partial charge in [-0.1, -0.05) is 23.7 Å². The lowest BCUT2D eigenvalue weighted by Gasteiger charge is -2.09. The topological polar surface area (TPSA) is 50.9 Å². The van der Waals surface area contributed by atoms with Gasteiger partial charge in [-0.05, 0) is 36.2 Å². The van der Waals surface area contributed by atoms with Crippen molar-refractivity contribution in [3.05, 3.63) is 52.7 Å². The number of benzene rings is 1. The van der Waals surface area contributed by atoms with E-state index in [1.165, 1.54) is 0 Å². The number of aryl methyl sites for hydroxylation is 1. The van der Waals surface area contributed by atoms with Crippen LogP contribution in [-0.2, 0) is 6.54 Å². The lowest BCUT2D eigenvalue weighted by atomic mass is 10.2. The van der Waals surface area contributed by atoms with Crippen LogP contribution in [0.5, 0.6) is 0 Å². The number of aromatic nitrogens is 1. The molecular formula is C13H14ClN3. The van der Waals surface area contributed by atoms with E-state index in [4.69, 9.17) is 17.3 Å². The summed E-state index contributed by atoms with van der Waals surface area (Å²) in [4.78, 5) is 4.25. The number of nitrogens with one attached hydrogen (secondary N) is 1. The first kappa shape index (κ1) is 11.7.